The Kier molecular flexibility index (Phi) is 10.1. The second-order valence-electron chi connectivity index (χ2n) is 8.50. The van der Waals surface area contributed by atoms with E-state index in [1.54, 1.807) is 24.3 Å². The number of halogens is 2. The van der Waals surface area contributed by atoms with Gasteiger partial charge in [-0.2, -0.15) is 0 Å². The zero-order valence-corrected chi connectivity index (χ0v) is 23.8. The molecule has 0 aliphatic rings. The van der Waals surface area contributed by atoms with Crippen molar-refractivity contribution in [3.8, 4) is 0 Å². The molecular formula is C27H29BrClN3O4S. The monoisotopic (exact) mass is 605 g/mol. The molecule has 2 amide bonds. The first-order valence-electron chi connectivity index (χ1n) is 11.7. The van der Waals surface area contributed by atoms with Crippen molar-refractivity contribution >= 4 is 55.1 Å². The second-order valence-corrected chi connectivity index (χ2v) is 11.8. The minimum Gasteiger partial charge on any atom is -0.355 e. The lowest BCUT2D eigenvalue weighted by Crippen LogP contribution is -2.53. The zero-order valence-electron chi connectivity index (χ0n) is 20.6. The van der Waals surface area contributed by atoms with E-state index in [1.807, 2.05) is 61.5 Å². The zero-order chi connectivity index (χ0) is 27.0. The molecule has 0 heterocycles. The van der Waals surface area contributed by atoms with Crippen molar-refractivity contribution in [3.05, 3.63) is 99.5 Å². The van der Waals surface area contributed by atoms with Gasteiger partial charge in [0.25, 0.3) is 0 Å². The fourth-order valence-electron chi connectivity index (χ4n) is 3.90. The first-order chi connectivity index (χ1) is 17.6. The Labute approximate surface area is 231 Å². The summed E-state index contributed by atoms with van der Waals surface area (Å²) in [6, 6.07) is 22.2. The fourth-order valence-corrected chi connectivity index (χ4v) is 5.32. The van der Waals surface area contributed by atoms with Crippen LogP contribution in [0.25, 0.3) is 0 Å². The van der Waals surface area contributed by atoms with Gasteiger partial charge in [-0.15, -0.1) is 0 Å². The van der Waals surface area contributed by atoms with Gasteiger partial charge in [0.2, 0.25) is 21.8 Å². The highest BCUT2D eigenvalue weighted by atomic mass is 79.9. The van der Waals surface area contributed by atoms with Crippen molar-refractivity contribution in [2.45, 2.75) is 25.9 Å². The number of amides is 2. The van der Waals surface area contributed by atoms with Gasteiger partial charge in [0.05, 0.1) is 11.9 Å². The van der Waals surface area contributed by atoms with E-state index in [2.05, 4.69) is 21.2 Å². The highest BCUT2D eigenvalue weighted by molar-refractivity contribution is 9.10. The molecule has 37 heavy (non-hydrogen) atoms. The number of nitrogens with zero attached hydrogens (tertiary/aromatic N) is 2. The number of anilines is 1. The topological polar surface area (TPSA) is 86.8 Å². The van der Waals surface area contributed by atoms with Crippen LogP contribution in [0.3, 0.4) is 0 Å². The lowest BCUT2D eigenvalue weighted by molar-refractivity contribution is -0.140. The Hall–Kier alpha value is -2.88. The van der Waals surface area contributed by atoms with Crippen molar-refractivity contribution in [1.29, 1.82) is 0 Å². The minimum atomic E-state index is -3.82. The van der Waals surface area contributed by atoms with Gasteiger partial charge in [0, 0.05) is 29.0 Å². The highest BCUT2D eigenvalue weighted by Gasteiger charge is 2.32. The fraction of sp³-hybridized carbons (Fsp3) is 0.259. The summed E-state index contributed by atoms with van der Waals surface area (Å²) in [5, 5.41) is 3.27. The predicted octanol–water partition coefficient (Wildman–Crippen LogP) is 4.64. The molecule has 10 heteroatoms. The maximum Gasteiger partial charge on any atom is 0.244 e. The number of nitrogens with one attached hydrogen (secondary N) is 1. The van der Waals surface area contributed by atoms with Crippen molar-refractivity contribution in [3.63, 3.8) is 0 Å². The van der Waals surface area contributed by atoms with E-state index in [9.17, 15) is 18.0 Å². The van der Waals surface area contributed by atoms with Gasteiger partial charge in [-0.05, 0) is 54.4 Å². The summed E-state index contributed by atoms with van der Waals surface area (Å²) < 4.78 is 27.3. The van der Waals surface area contributed by atoms with E-state index in [-0.39, 0.29) is 18.9 Å². The molecule has 0 aliphatic carbocycles. The summed E-state index contributed by atoms with van der Waals surface area (Å²) in [6.07, 6.45) is 1.31. The van der Waals surface area contributed by atoms with Crippen molar-refractivity contribution in [2.24, 2.45) is 0 Å². The van der Waals surface area contributed by atoms with Crippen LogP contribution in [0.5, 0.6) is 0 Å². The van der Waals surface area contributed by atoms with Crippen LogP contribution in [-0.2, 0) is 32.6 Å². The molecule has 1 unspecified atom stereocenters. The highest BCUT2D eigenvalue weighted by Crippen LogP contribution is 2.23. The number of carbonyl (C=O) groups excluding carboxylic acids is 2. The third kappa shape index (κ3) is 8.31. The molecule has 1 N–H and O–H groups in total. The third-order valence-electron chi connectivity index (χ3n) is 5.66. The Balaban J connectivity index is 2.03. The van der Waals surface area contributed by atoms with Crippen LogP contribution in [0.1, 0.15) is 18.1 Å². The van der Waals surface area contributed by atoms with E-state index < -0.39 is 28.5 Å². The van der Waals surface area contributed by atoms with E-state index in [0.717, 1.165) is 26.2 Å². The van der Waals surface area contributed by atoms with E-state index in [1.165, 1.54) is 4.90 Å². The van der Waals surface area contributed by atoms with Crippen LogP contribution in [-0.4, -0.2) is 50.5 Å². The molecule has 0 fully saturated rings. The van der Waals surface area contributed by atoms with Crippen LogP contribution in [0.4, 0.5) is 5.69 Å². The summed E-state index contributed by atoms with van der Waals surface area (Å²) in [5.41, 5.74) is 1.98. The number of rotatable bonds is 11. The first kappa shape index (κ1) is 28.7. The van der Waals surface area contributed by atoms with E-state index in [4.69, 9.17) is 11.6 Å². The van der Waals surface area contributed by atoms with Crippen LogP contribution in [0.15, 0.2) is 83.3 Å². The van der Waals surface area contributed by atoms with Gasteiger partial charge in [0.1, 0.15) is 12.6 Å². The largest absolute Gasteiger partial charge is 0.355 e. The van der Waals surface area contributed by atoms with Crippen LogP contribution in [0, 0.1) is 0 Å². The molecule has 0 bridgehead atoms. The van der Waals surface area contributed by atoms with Crippen molar-refractivity contribution in [2.75, 3.05) is 23.7 Å². The standard InChI is InChI=1S/C27H29BrClN3O4S/c1-3-30-27(34)25(17-20-8-5-4-6-9-20)31(18-21-10-7-11-22(28)16-21)26(33)19-32(37(2,35)36)24-14-12-23(29)13-15-24/h4-16,25H,3,17-19H2,1-2H3,(H,30,34). The van der Waals surface area contributed by atoms with Crippen molar-refractivity contribution in [1.82, 2.24) is 10.2 Å². The molecule has 0 aliphatic heterocycles. The molecule has 3 aromatic rings. The number of hydrogen-bond donors (Lipinski definition) is 1. The van der Waals surface area contributed by atoms with E-state index >= 15 is 0 Å². The molecule has 1 atom stereocenters. The summed E-state index contributed by atoms with van der Waals surface area (Å²) in [5.74, 6) is -0.820. The van der Waals surface area contributed by atoms with Crippen LogP contribution >= 0.6 is 27.5 Å². The number of benzene rings is 3. The minimum absolute atomic E-state index is 0.116. The number of hydrogen-bond acceptors (Lipinski definition) is 4. The average Bonchev–Trinajstić information content (AvgIpc) is 2.85. The second kappa shape index (κ2) is 13.1. The van der Waals surface area contributed by atoms with Gasteiger partial charge in [-0.1, -0.05) is 70.0 Å². The molecule has 0 aromatic heterocycles. The third-order valence-corrected chi connectivity index (χ3v) is 7.54. The molecule has 0 saturated carbocycles. The van der Waals surface area contributed by atoms with Crippen LogP contribution < -0.4 is 9.62 Å². The molecule has 3 aromatic carbocycles. The Morgan fingerprint density at radius 2 is 1.62 bits per heavy atom. The number of likely N-dealkylation sites (N-methyl/N-ethyl adjacent to an activating group) is 1. The SMILES string of the molecule is CCNC(=O)C(Cc1ccccc1)N(Cc1cccc(Br)c1)C(=O)CN(c1ccc(Cl)cc1)S(C)(=O)=O. The lowest BCUT2D eigenvalue weighted by Gasteiger charge is -2.33. The summed E-state index contributed by atoms with van der Waals surface area (Å²) in [7, 11) is -3.82. The van der Waals surface area contributed by atoms with Crippen LogP contribution in [0.2, 0.25) is 5.02 Å². The normalized spacial score (nSPS) is 12.0. The summed E-state index contributed by atoms with van der Waals surface area (Å²) in [4.78, 5) is 28.6. The maximum absolute atomic E-state index is 13.9. The van der Waals surface area contributed by atoms with E-state index in [0.29, 0.717) is 17.3 Å². The molecule has 0 radical (unpaired) electrons. The number of carbonyl (C=O) groups is 2. The van der Waals surface area contributed by atoms with Gasteiger partial charge < -0.3 is 10.2 Å². The number of sulfonamides is 1. The first-order valence-corrected chi connectivity index (χ1v) is 14.7. The quantitative estimate of drug-likeness (QED) is 0.345. The predicted molar refractivity (Wildman–Crippen MR) is 151 cm³/mol. The molecule has 0 saturated heterocycles. The molecule has 7 nitrogen and oxygen atoms in total. The Morgan fingerprint density at radius 1 is 0.973 bits per heavy atom. The molecule has 3 rings (SSSR count). The van der Waals surface area contributed by atoms with Crippen molar-refractivity contribution < 1.29 is 18.0 Å². The van der Waals surface area contributed by atoms with Gasteiger partial charge >= 0.3 is 0 Å². The van der Waals surface area contributed by atoms with Gasteiger partial charge in [-0.3, -0.25) is 13.9 Å². The molecule has 0 spiro atoms. The smallest absolute Gasteiger partial charge is 0.244 e. The van der Waals surface area contributed by atoms with Gasteiger partial charge in [0.15, 0.2) is 0 Å². The Morgan fingerprint density at radius 3 is 2.22 bits per heavy atom. The Bertz CT molecular complexity index is 1320. The molecular weight excluding hydrogens is 578 g/mol. The summed E-state index contributed by atoms with van der Waals surface area (Å²) >= 11 is 9.44. The molecule has 196 valence electrons. The average molecular weight is 607 g/mol. The lowest BCUT2D eigenvalue weighted by atomic mass is 10.0. The van der Waals surface area contributed by atoms with Gasteiger partial charge in [-0.25, -0.2) is 8.42 Å². The maximum atomic E-state index is 13.9. The summed E-state index contributed by atoms with van der Waals surface area (Å²) in [6.45, 7) is 1.84.